The van der Waals surface area contributed by atoms with Crippen LogP contribution in [0.5, 0.6) is 0 Å². The van der Waals surface area contributed by atoms with Crippen LogP contribution in [0.3, 0.4) is 0 Å². The van der Waals surface area contributed by atoms with Gasteiger partial charge in [0.25, 0.3) is 0 Å². The zero-order chi connectivity index (χ0) is 12.5. The van der Waals surface area contributed by atoms with Gasteiger partial charge in [0.15, 0.2) is 5.13 Å². The van der Waals surface area contributed by atoms with Crippen LogP contribution in [0.25, 0.3) is 0 Å². The molecule has 0 amide bonds. The largest absolute Gasteiger partial charge is 0.306 e. The zero-order valence-corrected chi connectivity index (χ0v) is 11.1. The molecule has 1 fully saturated rings. The number of halogens is 1. The van der Waals surface area contributed by atoms with Gasteiger partial charge in [0.2, 0.25) is 0 Å². The molecular weight excluding hydrogens is 249 g/mol. The molecule has 2 aromatic heterocycles. The molecule has 1 saturated carbocycles. The van der Waals surface area contributed by atoms with Gasteiger partial charge in [-0.25, -0.2) is 0 Å². The van der Waals surface area contributed by atoms with Gasteiger partial charge < -0.3 is 5.32 Å². The number of nitrogens with zero attached hydrogens (tertiary/aromatic N) is 2. The molecule has 3 nitrogen and oxygen atoms in total. The third-order valence-electron chi connectivity index (χ3n) is 3.23. The van der Waals surface area contributed by atoms with Crippen LogP contribution >= 0.6 is 11.3 Å². The highest BCUT2D eigenvalue weighted by atomic mass is 32.1. The molecule has 5 heteroatoms. The van der Waals surface area contributed by atoms with Gasteiger partial charge in [0.05, 0.1) is 11.4 Å². The first-order valence-electron chi connectivity index (χ1n) is 6.20. The summed E-state index contributed by atoms with van der Waals surface area (Å²) in [5.74, 6) is 0.691. The minimum atomic E-state index is -0.122. The van der Waals surface area contributed by atoms with Gasteiger partial charge in [-0.15, -0.1) is 11.3 Å². The quantitative estimate of drug-likeness (QED) is 0.901. The number of hydrogen-bond acceptors (Lipinski definition) is 3. The number of aryl methyl sites for hydroxylation is 1. The smallest absolute Gasteiger partial charge is 0.176 e. The van der Waals surface area contributed by atoms with E-state index in [9.17, 15) is 4.39 Å². The molecule has 0 unspecified atom stereocenters. The molecule has 2 aromatic rings. The number of nitrogens with one attached hydrogen (secondary N) is 1. The Morgan fingerprint density at radius 3 is 2.94 bits per heavy atom. The lowest BCUT2D eigenvalue weighted by Crippen LogP contribution is -2.14. The van der Waals surface area contributed by atoms with Gasteiger partial charge in [-0.2, -0.15) is 9.49 Å². The van der Waals surface area contributed by atoms with E-state index in [0.717, 1.165) is 11.4 Å². The highest BCUT2D eigenvalue weighted by Gasteiger charge is 2.26. The molecule has 0 saturated heterocycles. The van der Waals surface area contributed by atoms with Gasteiger partial charge >= 0.3 is 0 Å². The highest BCUT2D eigenvalue weighted by Crippen LogP contribution is 2.39. The summed E-state index contributed by atoms with van der Waals surface area (Å²) >= 11 is 1.20. The van der Waals surface area contributed by atoms with E-state index in [0.29, 0.717) is 12.5 Å². The van der Waals surface area contributed by atoms with E-state index in [1.54, 1.807) is 0 Å². The fourth-order valence-electron chi connectivity index (χ4n) is 2.03. The molecule has 0 aromatic carbocycles. The molecule has 3 rings (SSSR count). The van der Waals surface area contributed by atoms with Gasteiger partial charge in [-0.3, -0.25) is 4.68 Å². The topological polar surface area (TPSA) is 29.9 Å². The van der Waals surface area contributed by atoms with Crippen molar-refractivity contribution in [3.8, 4) is 0 Å². The minimum absolute atomic E-state index is 0.122. The minimum Gasteiger partial charge on any atom is -0.306 e. The summed E-state index contributed by atoms with van der Waals surface area (Å²) in [5.41, 5.74) is 2.41. The molecule has 2 heterocycles. The third kappa shape index (κ3) is 2.62. The van der Waals surface area contributed by atoms with E-state index >= 15 is 0 Å². The standard InChI is InChI=1S/C13H16FN3S/c1-17-10(6-12(16-17)9-2-3-9)7-15-8-11-4-5-13(14)18-11/h4-6,9,15H,2-3,7-8H2,1H3. The first kappa shape index (κ1) is 11.9. The Morgan fingerprint density at radius 1 is 1.44 bits per heavy atom. The summed E-state index contributed by atoms with van der Waals surface area (Å²) in [6.45, 7) is 1.48. The Kier molecular flexibility index (Phi) is 3.18. The predicted octanol–water partition coefficient (Wildman–Crippen LogP) is 2.79. The highest BCUT2D eigenvalue weighted by molar-refractivity contribution is 7.10. The van der Waals surface area contributed by atoms with Crippen molar-refractivity contribution in [1.29, 1.82) is 0 Å². The maximum Gasteiger partial charge on any atom is 0.176 e. The van der Waals surface area contributed by atoms with Gasteiger partial charge in [-0.05, 0) is 31.0 Å². The second-order valence-electron chi connectivity index (χ2n) is 4.77. The lowest BCUT2D eigenvalue weighted by Gasteiger charge is -2.03. The maximum atomic E-state index is 12.8. The third-order valence-corrected chi connectivity index (χ3v) is 4.10. The van der Waals surface area contributed by atoms with Crippen molar-refractivity contribution in [2.45, 2.75) is 31.8 Å². The summed E-state index contributed by atoms with van der Waals surface area (Å²) < 4.78 is 14.8. The Bertz CT molecular complexity index is 542. The van der Waals surface area contributed by atoms with E-state index in [2.05, 4.69) is 16.5 Å². The van der Waals surface area contributed by atoms with E-state index in [4.69, 9.17) is 0 Å². The molecule has 0 radical (unpaired) electrons. The van der Waals surface area contributed by atoms with Crippen LogP contribution in [0.1, 0.15) is 35.0 Å². The monoisotopic (exact) mass is 265 g/mol. The molecule has 0 spiro atoms. The number of rotatable bonds is 5. The normalized spacial score (nSPS) is 15.2. The van der Waals surface area contributed by atoms with Crippen LogP contribution in [-0.2, 0) is 20.1 Å². The van der Waals surface area contributed by atoms with Crippen LogP contribution in [0.4, 0.5) is 4.39 Å². The second kappa shape index (κ2) is 4.82. The average Bonchev–Trinajstić information content (AvgIpc) is 3.02. The second-order valence-corrected chi connectivity index (χ2v) is 5.89. The molecule has 0 atom stereocenters. The van der Waals surface area contributed by atoms with Crippen LogP contribution in [0.15, 0.2) is 18.2 Å². The van der Waals surface area contributed by atoms with Crippen molar-refractivity contribution in [3.05, 3.63) is 39.6 Å². The number of aromatic nitrogens is 2. The molecule has 1 N–H and O–H groups in total. The lowest BCUT2D eigenvalue weighted by molar-refractivity contribution is 0.626. The first-order chi connectivity index (χ1) is 8.72. The SMILES string of the molecule is Cn1nc(C2CC2)cc1CNCc1ccc(F)s1. The molecule has 0 bridgehead atoms. The average molecular weight is 265 g/mol. The molecule has 1 aliphatic carbocycles. The van der Waals surface area contributed by atoms with Crippen molar-refractivity contribution in [3.63, 3.8) is 0 Å². The van der Waals surface area contributed by atoms with Gasteiger partial charge in [0.1, 0.15) is 0 Å². The van der Waals surface area contributed by atoms with Crippen LogP contribution in [0.2, 0.25) is 0 Å². The molecule has 1 aliphatic rings. The fourth-order valence-corrected chi connectivity index (χ4v) is 2.73. The van der Waals surface area contributed by atoms with Crippen molar-refractivity contribution < 1.29 is 4.39 Å². The van der Waals surface area contributed by atoms with E-state index in [-0.39, 0.29) is 5.13 Å². The van der Waals surface area contributed by atoms with Crippen molar-refractivity contribution in [2.24, 2.45) is 7.05 Å². The summed E-state index contributed by atoms with van der Waals surface area (Å²) in [6.07, 6.45) is 2.55. The van der Waals surface area contributed by atoms with Crippen molar-refractivity contribution in [2.75, 3.05) is 0 Å². The number of hydrogen-bond donors (Lipinski definition) is 1. The first-order valence-corrected chi connectivity index (χ1v) is 7.02. The predicted molar refractivity (Wildman–Crippen MR) is 70.0 cm³/mol. The van der Waals surface area contributed by atoms with Crippen LogP contribution < -0.4 is 5.32 Å². The summed E-state index contributed by atoms with van der Waals surface area (Å²) in [5, 5.41) is 7.73. The van der Waals surface area contributed by atoms with Gasteiger partial charge in [0, 0.05) is 30.9 Å². The lowest BCUT2D eigenvalue weighted by atomic mass is 10.2. The fraction of sp³-hybridized carbons (Fsp3) is 0.462. The molecule has 96 valence electrons. The summed E-state index contributed by atoms with van der Waals surface area (Å²) in [6, 6.07) is 5.52. The van der Waals surface area contributed by atoms with Crippen molar-refractivity contribution >= 4 is 11.3 Å². The number of thiophene rings is 1. The van der Waals surface area contributed by atoms with Crippen LogP contribution in [-0.4, -0.2) is 9.78 Å². The molecule has 18 heavy (non-hydrogen) atoms. The van der Waals surface area contributed by atoms with E-state index < -0.39 is 0 Å². The summed E-state index contributed by atoms with van der Waals surface area (Å²) in [7, 11) is 1.98. The zero-order valence-electron chi connectivity index (χ0n) is 10.3. The molecular formula is C13H16FN3S. The summed E-state index contributed by atoms with van der Waals surface area (Å²) in [4.78, 5) is 1.03. The van der Waals surface area contributed by atoms with Crippen molar-refractivity contribution in [1.82, 2.24) is 15.1 Å². The van der Waals surface area contributed by atoms with Gasteiger partial charge in [-0.1, -0.05) is 0 Å². The Balaban J connectivity index is 1.56. The van der Waals surface area contributed by atoms with E-state index in [1.807, 2.05) is 17.8 Å². The van der Waals surface area contributed by atoms with E-state index in [1.165, 1.54) is 41.6 Å². The maximum absolute atomic E-state index is 12.8. The Hall–Kier alpha value is -1.20. The molecule has 0 aliphatic heterocycles. The van der Waals surface area contributed by atoms with Crippen LogP contribution in [0, 0.1) is 5.13 Å². The Labute approximate surface area is 110 Å². The Morgan fingerprint density at radius 2 is 2.28 bits per heavy atom.